The number of anilines is 1. The molecule has 1 saturated carbocycles. The van der Waals surface area contributed by atoms with Crippen molar-refractivity contribution in [2.24, 2.45) is 5.10 Å². The first kappa shape index (κ1) is 19.1. The molecular weight excluding hydrogens is 396 g/mol. The Balaban J connectivity index is 1.31. The van der Waals surface area contributed by atoms with Gasteiger partial charge in [-0.05, 0) is 43.5 Å². The van der Waals surface area contributed by atoms with Crippen molar-refractivity contribution in [2.45, 2.75) is 30.5 Å². The number of carbonyl (C=O) groups excluding carboxylic acids is 1. The van der Waals surface area contributed by atoms with Crippen molar-refractivity contribution < 1.29 is 4.79 Å². The van der Waals surface area contributed by atoms with E-state index in [1.54, 1.807) is 23.1 Å². The smallest absolute Gasteiger partial charge is 0.256 e. The van der Waals surface area contributed by atoms with E-state index in [1.165, 1.54) is 6.42 Å². The third-order valence-corrected chi connectivity index (χ3v) is 6.46. The average Bonchev–Trinajstić information content (AvgIpc) is 3.41. The molecule has 2 aliphatic rings. The van der Waals surface area contributed by atoms with Gasteiger partial charge in [0.15, 0.2) is 5.16 Å². The summed E-state index contributed by atoms with van der Waals surface area (Å²) in [6, 6.07) is 16.0. The molecule has 154 valence electrons. The predicted octanol–water partition coefficient (Wildman–Crippen LogP) is 3.66. The van der Waals surface area contributed by atoms with Gasteiger partial charge in [0.05, 0.1) is 28.8 Å². The lowest BCUT2D eigenvalue weighted by Crippen LogP contribution is -2.46. The van der Waals surface area contributed by atoms with Crippen LogP contribution in [0.25, 0.3) is 11.0 Å². The number of hydrogen-bond acceptors (Lipinski definition) is 6. The summed E-state index contributed by atoms with van der Waals surface area (Å²) in [5.74, 6) is 0.870. The van der Waals surface area contributed by atoms with Gasteiger partial charge in [0.2, 0.25) is 0 Å². The third kappa shape index (κ3) is 3.80. The molecule has 1 fully saturated rings. The maximum Gasteiger partial charge on any atom is 0.256 e. The lowest BCUT2D eigenvalue weighted by Gasteiger charge is -2.38. The highest BCUT2D eigenvalue weighted by atomic mass is 32.2. The first-order valence-corrected chi connectivity index (χ1v) is 11.3. The second-order valence-electron chi connectivity index (χ2n) is 7.48. The molecule has 3 aromatic rings. The van der Waals surface area contributed by atoms with Gasteiger partial charge < -0.3 is 9.88 Å². The molecule has 2 N–H and O–H groups in total. The van der Waals surface area contributed by atoms with Crippen LogP contribution in [0.2, 0.25) is 0 Å². The third-order valence-electron chi connectivity index (χ3n) is 5.61. The maximum absolute atomic E-state index is 13.5. The molecule has 7 nitrogen and oxygen atoms in total. The van der Waals surface area contributed by atoms with Crippen molar-refractivity contribution in [2.75, 3.05) is 24.0 Å². The van der Waals surface area contributed by atoms with Crippen molar-refractivity contribution in [3.8, 4) is 0 Å². The van der Waals surface area contributed by atoms with Gasteiger partial charge in [0, 0.05) is 24.6 Å². The highest BCUT2D eigenvalue weighted by Gasteiger charge is 2.31. The van der Waals surface area contributed by atoms with Crippen molar-refractivity contribution >= 4 is 40.6 Å². The van der Waals surface area contributed by atoms with Crippen LogP contribution in [0.5, 0.6) is 0 Å². The molecule has 0 unspecified atom stereocenters. The molecular formula is C22H24N6OS. The highest BCUT2D eigenvalue weighted by molar-refractivity contribution is 7.99. The van der Waals surface area contributed by atoms with Crippen LogP contribution in [0.4, 0.5) is 5.69 Å². The normalized spacial score (nSPS) is 16.2. The molecule has 8 heteroatoms. The van der Waals surface area contributed by atoms with Crippen molar-refractivity contribution in [1.29, 1.82) is 0 Å². The summed E-state index contributed by atoms with van der Waals surface area (Å²) in [4.78, 5) is 23.5. The highest BCUT2D eigenvalue weighted by Crippen LogP contribution is 2.30. The predicted molar refractivity (Wildman–Crippen MR) is 121 cm³/mol. The topological polar surface area (TPSA) is 76.6 Å². The number of aromatic amines is 1. The molecule has 0 radical (unpaired) electrons. The molecule has 0 saturated heterocycles. The second-order valence-corrected chi connectivity index (χ2v) is 8.56. The SMILES string of the molecule is O=C(c1ccccc1N1N=CCN1)N(CCSc1nc2ccccc2[nH]1)C1CCC1. The van der Waals surface area contributed by atoms with Gasteiger partial charge in [-0.2, -0.15) is 10.2 Å². The number of nitrogens with zero attached hydrogens (tertiary/aromatic N) is 4. The number of amides is 1. The zero-order valence-electron chi connectivity index (χ0n) is 16.6. The molecule has 1 aliphatic carbocycles. The Morgan fingerprint density at radius 1 is 1.17 bits per heavy atom. The van der Waals surface area contributed by atoms with Gasteiger partial charge in [-0.15, -0.1) is 0 Å². The molecule has 30 heavy (non-hydrogen) atoms. The van der Waals surface area contributed by atoms with Crippen molar-refractivity contribution in [1.82, 2.24) is 20.3 Å². The summed E-state index contributed by atoms with van der Waals surface area (Å²) in [5.41, 5.74) is 6.66. The fraction of sp³-hybridized carbons (Fsp3) is 0.318. The summed E-state index contributed by atoms with van der Waals surface area (Å²) >= 11 is 1.66. The first-order valence-electron chi connectivity index (χ1n) is 10.3. The summed E-state index contributed by atoms with van der Waals surface area (Å²) in [6.45, 7) is 1.36. The number of thioether (sulfide) groups is 1. The van der Waals surface area contributed by atoms with E-state index in [1.807, 2.05) is 53.4 Å². The van der Waals surface area contributed by atoms with E-state index in [-0.39, 0.29) is 5.91 Å². The maximum atomic E-state index is 13.5. The van der Waals surface area contributed by atoms with Gasteiger partial charge >= 0.3 is 0 Å². The Kier molecular flexibility index (Phi) is 5.42. The largest absolute Gasteiger partial charge is 0.335 e. The van der Waals surface area contributed by atoms with Crippen LogP contribution in [-0.2, 0) is 0 Å². The van der Waals surface area contributed by atoms with Crippen LogP contribution in [0.3, 0.4) is 0 Å². The first-order chi connectivity index (χ1) is 14.8. The number of aromatic nitrogens is 2. The fourth-order valence-corrected chi connectivity index (χ4v) is 4.64. The van der Waals surface area contributed by atoms with Crippen molar-refractivity contribution in [3.63, 3.8) is 0 Å². The lowest BCUT2D eigenvalue weighted by atomic mass is 9.91. The van der Waals surface area contributed by atoms with E-state index in [0.717, 1.165) is 40.5 Å². The number of H-pyrrole nitrogens is 1. The number of nitrogens with one attached hydrogen (secondary N) is 2. The van der Waals surface area contributed by atoms with E-state index in [0.29, 0.717) is 24.7 Å². The van der Waals surface area contributed by atoms with Gasteiger partial charge in [-0.1, -0.05) is 36.0 Å². The molecule has 0 bridgehead atoms. The number of hydrazine groups is 1. The number of hydrazone groups is 1. The number of rotatable bonds is 7. The Morgan fingerprint density at radius 2 is 2.00 bits per heavy atom. The lowest BCUT2D eigenvalue weighted by molar-refractivity contribution is 0.0599. The van der Waals surface area contributed by atoms with Gasteiger partial charge in [0.1, 0.15) is 0 Å². The van der Waals surface area contributed by atoms with E-state index in [2.05, 4.69) is 20.5 Å². The molecule has 0 spiro atoms. The van der Waals surface area contributed by atoms with Crippen LogP contribution in [-0.4, -0.2) is 51.9 Å². The van der Waals surface area contributed by atoms with Crippen LogP contribution in [0.1, 0.15) is 29.6 Å². The number of imidazole rings is 1. The van der Waals surface area contributed by atoms with E-state index >= 15 is 0 Å². The van der Waals surface area contributed by atoms with Gasteiger partial charge in [-0.25, -0.2) is 10.4 Å². The number of benzene rings is 2. The monoisotopic (exact) mass is 420 g/mol. The Hall–Kier alpha value is -2.84. The summed E-state index contributed by atoms with van der Waals surface area (Å²) < 4.78 is 0. The van der Waals surface area contributed by atoms with Crippen LogP contribution in [0.15, 0.2) is 58.8 Å². The number of fused-ring (bicyclic) bond motifs is 1. The Morgan fingerprint density at radius 3 is 2.77 bits per heavy atom. The summed E-state index contributed by atoms with van der Waals surface area (Å²) in [5, 5.41) is 6.91. The van der Waals surface area contributed by atoms with E-state index in [9.17, 15) is 4.79 Å². The quantitative estimate of drug-likeness (QED) is 0.571. The number of hydrogen-bond donors (Lipinski definition) is 2. The minimum absolute atomic E-state index is 0.0735. The number of para-hydroxylation sites is 3. The molecule has 2 aromatic carbocycles. The Bertz CT molecular complexity index is 1040. The molecule has 1 amide bonds. The zero-order chi connectivity index (χ0) is 20.3. The molecule has 0 atom stereocenters. The summed E-state index contributed by atoms with van der Waals surface area (Å²) in [7, 11) is 0. The van der Waals surface area contributed by atoms with Crippen molar-refractivity contribution in [3.05, 3.63) is 54.1 Å². The Labute approximate surface area is 179 Å². The molecule has 5 rings (SSSR count). The molecule has 1 aliphatic heterocycles. The molecule has 2 heterocycles. The van der Waals surface area contributed by atoms with Gasteiger partial charge in [0.25, 0.3) is 5.91 Å². The minimum atomic E-state index is 0.0735. The summed E-state index contributed by atoms with van der Waals surface area (Å²) in [6.07, 6.45) is 5.13. The van der Waals surface area contributed by atoms with E-state index < -0.39 is 0 Å². The molecule has 1 aromatic heterocycles. The average molecular weight is 421 g/mol. The number of carbonyl (C=O) groups is 1. The zero-order valence-corrected chi connectivity index (χ0v) is 17.4. The van der Waals surface area contributed by atoms with Crippen LogP contribution in [0, 0.1) is 0 Å². The van der Waals surface area contributed by atoms with E-state index in [4.69, 9.17) is 0 Å². The second kappa shape index (κ2) is 8.49. The van der Waals surface area contributed by atoms with Crippen LogP contribution < -0.4 is 10.5 Å². The fourth-order valence-electron chi connectivity index (χ4n) is 3.82. The standard InChI is InChI=1S/C22H24N6OS/c29-21(17-8-1-4-11-20(17)28-23-12-13-24-28)27(16-6-5-7-16)14-15-30-22-25-18-9-2-3-10-19(18)26-22/h1-4,8-12,16,24H,5-7,13-15H2,(H,25,26). The van der Waals surface area contributed by atoms with Gasteiger partial charge in [-0.3, -0.25) is 4.79 Å². The minimum Gasteiger partial charge on any atom is -0.335 e. The van der Waals surface area contributed by atoms with Crippen LogP contribution >= 0.6 is 11.8 Å².